The van der Waals surface area contributed by atoms with E-state index in [4.69, 9.17) is 0 Å². The largest absolute Gasteiger partial charge is 0.340 e. The van der Waals surface area contributed by atoms with Crippen molar-refractivity contribution in [3.8, 4) is 0 Å². The fraction of sp³-hybridized carbons (Fsp3) is 0.375. The smallest absolute Gasteiger partial charge is 0.0626 e. The maximum Gasteiger partial charge on any atom is 0.0626 e. The second kappa shape index (κ2) is 11.6. The molecule has 0 aromatic carbocycles. The van der Waals surface area contributed by atoms with Crippen LogP contribution in [0.2, 0.25) is 0 Å². The highest BCUT2D eigenvalue weighted by Gasteiger charge is 2.45. The van der Waals surface area contributed by atoms with Crippen molar-refractivity contribution in [2.75, 3.05) is 0 Å². The second-order valence-corrected chi connectivity index (χ2v) is 16.2. The molecule has 0 saturated heterocycles. The molecular formula is C48H48N2. The highest BCUT2D eigenvalue weighted by molar-refractivity contribution is 5.62. The molecule has 0 saturated carbocycles. The molecule has 0 amide bonds. The van der Waals surface area contributed by atoms with Crippen LogP contribution in [-0.2, 0) is 0 Å². The molecule has 50 heavy (non-hydrogen) atoms. The molecule has 0 spiro atoms. The van der Waals surface area contributed by atoms with E-state index in [1.165, 1.54) is 61.7 Å². The molecule has 6 unspecified atom stereocenters. The van der Waals surface area contributed by atoms with Gasteiger partial charge in [-0.2, -0.15) is 0 Å². The average Bonchev–Trinajstić information content (AvgIpc) is 3.69. The Morgan fingerprint density at radius 1 is 0.640 bits per heavy atom. The first kappa shape index (κ1) is 29.4. The lowest BCUT2D eigenvalue weighted by Crippen LogP contribution is -2.39. The predicted octanol–water partition coefficient (Wildman–Crippen LogP) is 11.2. The summed E-state index contributed by atoms with van der Waals surface area (Å²) in [5.74, 6) is 2.07. The van der Waals surface area contributed by atoms with Gasteiger partial charge in [-0.25, -0.2) is 0 Å². The Bertz CT molecular complexity index is 2040. The summed E-state index contributed by atoms with van der Waals surface area (Å²) < 4.78 is 0. The van der Waals surface area contributed by atoms with E-state index < -0.39 is 0 Å². The molecule has 0 aromatic heterocycles. The van der Waals surface area contributed by atoms with Crippen molar-refractivity contribution in [2.24, 2.45) is 23.7 Å². The van der Waals surface area contributed by atoms with E-state index in [-0.39, 0.29) is 0 Å². The predicted molar refractivity (Wildman–Crippen MR) is 205 cm³/mol. The number of allylic oxidation sites excluding steroid dienone is 24. The number of hydrogen-bond acceptors (Lipinski definition) is 2. The molecule has 11 rings (SSSR count). The third kappa shape index (κ3) is 4.46. The minimum atomic E-state index is 0.442. The van der Waals surface area contributed by atoms with Crippen LogP contribution in [0.15, 0.2) is 177 Å². The zero-order valence-electron chi connectivity index (χ0n) is 29.2. The third-order valence-electron chi connectivity index (χ3n) is 13.6. The maximum atomic E-state index is 2.89. The molecule has 2 aliphatic heterocycles. The molecule has 6 atom stereocenters. The number of rotatable bonds is 3. The van der Waals surface area contributed by atoms with Crippen LogP contribution in [0.5, 0.6) is 0 Å². The van der Waals surface area contributed by atoms with Gasteiger partial charge in [0.1, 0.15) is 0 Å². The Kier molecular flexibility index (Phi) is 6.84. The van der Waals surface area contributed by atoms with Crippen LogP contribution in [0.1, 0.15) is 77.0 Å². The van der Waals surface area contributed by atoms with Gasteiger partial charge in [0.25, 0.3) is 0 Å². The van der Waals surface area contributed by atoms with Crippen molar-refractivity contribution in [1.29, 1.82) is 0 Å². The molecule has 0 aromatic rings. The summed E-state index contributed by atoms with van der Waals surface area (Å²) >= 11 is 0. The van der Waals surface area contributed by atoms with Crippen LogP contribution in [-0.4, -0.2) is 21.9 Å². The quantitative estimate of drug-likeness (QED) is 0.299. The van der Waals surface area contributed by atoms with Crippen LogP contribution in [0.3, 0.4) is 0 Å². The van der Waals surface area contributed by atoms with Crippen molar-refractivity contribution >= 4 is 0 Å². The minimum absolute atomic E-state index is 0.442. The van der Waals surface area contributed by atoms with Gasteiger partial charge in [0.15, 0.2) is 0 Å². The molecule has 11 aliphatic rings. The van der Waals surface area contributed by atoms with Crippen LogP contribution >= 0.6 is 0 Å². The zero-order chi connectivity index (χ0) is 32.8. The first-order chi connectivity index (χ1) is 24.8. The minimum Gasteiger partial charge on any atom is -0.340 e. The lowest BCUT2D eigenvalue weighted by molar-refractivity contribution is 0.286. The van der Waals surface area contributed by atoms with Gasteiger partial charge in [-0.15, -0.1) is 0 Å². The van der Waals surface area contributed by atoms with E-state index in [2.05, 4.69) is 119 Å². The molecule has 0 radical (unpaired) electrons. The van der Waals surface area contributed by atoms with Gasteiger partial charge in [0, 0.05) is 40.5 Å². The first-order valence-electron chi connectivity index (χ1n) is 19.9. The van der Waals surface area contributed by atoms with Crippen LogP contribution in [0, 0.1) is 23.7 Å². The Balaban J connectivity index is 0.940. The first-order valence-corrected chi connectivity index (χ1v) is 19.9. The fourth-order valence-electron chi connectivity index (χ4n) is 11.4. The summed E-state index contributed by atoms with van der Waals surface area (Å²) in [6.45, 7) is 0. The molecule has 0 N–H and O–H groups in total. The van der Waals surface area contributed by atoms with Gasteiger partial charge < -0.3 is 9.80 Å². The summed E-state index contributed by atoms with van der Waals surface area (Å²) in [4.78, 5) is 5.69. The van der Waals surface area contributed by atoms with E-state index >= 15 is 0 Å². The van der Waals surface area contributed by atoms with Gasteiger partial charge >= 0.3 is 0 Å². The Hall–Kier alpha value is -4.30. The summed E-state index contributed by atoms with van der Waals surface area (Å²) in [6, 6.07) is 0.908. The third-order valence-corrected chi connectivity index (χ3v) is 13.6. The van der Waals surface area contributed by atoms with Gasteiger partial charge in [-0.3, -0.25) is 0 Å². The Morgan fingerprint density at radius 3 is 2.36 bits per heavy atom. The van der Waals surface area contributed by atoms with Crippen molar-refractivity contribution in [3.05, 3.63) is 177 Å². The van der Waals surface area contributed by atoms with Gasteiger partial charge in [0.2, 0.25) is 0 Å². The lowest BCUT2D eigenvalue weighted by Gasteiger charge is -2.43. The summed E-state index contributed by atoms with van der Waals surface area (Å²) in [7, 11) is 0. The lowest BCUT2D eigenvalue weighted by atomic mass is 9.73. The second-order valence-electron chi connectivity index (χ2n) is 16.2. The zero-order valence-corrected chi connectivity index (χ0v) is 29.2. The molecule has 2 heterocycles. The highest BCUT2D eigenvalue weighted by Crippen LogP contribution is 2.54. The van der Waals surface area contributed by atoms with Crippen LogP contribution in [0.4, 0.5) is 0 Å². The SMILES string of the molecule is C1=CC2C=C3C=CCCC3=C(N3C4=C(C=CCC4)C4=CC(C5=CCC6C(=C5)C5=C(CCC=C5)N6C5=CC=C6C=CCCC6C5)CCC43)C2C=C1. The highest BCUT2D eigenvalue weighted by atomic mass is 15.2. The van der Waals surface area contributed by atoms with Crippen molar-refractivity contribution in [2.45, 2.75) is 89.1 Å². The van der Waals surface area contributed by atoms with Crippen LogP contribution < -0.4 is 0 Å². The Morgan fingerprint density at radius 2 is 1.44 bits per heavy atom. The maximum absolute atomic E-state index is 2.89. The normalized spacial score (nSPS) is 34.6. The van der Waals surface area contributed by atoms with Gasteiger partial charge in [-0.1, -0.05) is 103 Å². The van der Waals surface area contributed by atoms with Gasteiger partial charge in [-0.05, 0) is 134 Å². The van der Waals surface area contributed by atoms with E-state index in [1.54, 1.807) is 50.7 Å². The average molecular weight is 653 g/mol. The van der Waals surface area contributed by atoms with Crippen molar-refractivity contribution in [3.63, 3.8) is 0 Å². The number of fused-ring (bicyclic) bond motifs is 7. The molecule has 0 bridgehead atoms. The van der Waals surface area contributed by atoms with Gasteiger partial charge in [0.05, 0.1) is 12.1 Å². The molecular weight excluding hydrogens is 605 g/mol. The van der Waals surface area contributed by atoms with Crippen molar-refractivity contribution in [1.82, 2.24) is 9.80 Å². The summed E-state index contributed by atoms with van der Waals surface area (Å²) in [5.41, 5.74) is 18.8. The molecule has 2 nitrogen and oxygen atoms in total. The summed E-state index contributed by atoms with van der Waals surface area (Å²) in [5, 5.41) is 0. The standard InChI is InChI=1S/C48H48N2/c1-2-12-32-28-37(24-21-31(32)11-1)49-44-19-9-7-17-40(44)42-29-33(22-25-46(42)49)34-23-26-47-43(30-34)41-18-8-10-20-45(41)50(47)48-38-15-5-3-13-35(38)27-36-14-4-6-16-39(36)48/h1,3-5,7-8,11,13-15,17-18,21-22,24,27,29-30,32,34-35,38,46-47H,2,6,9-10,12,16,19-20,23,25-26,28H2. The molecule has 0 fully saturated rings. The topological polar surface area (TPSA) is 6.48 Å². The van der Waals surface area contributed by atoms with E-state index in [0.717, 1.165) is 32.1 Å². The fourth-order valence-corrected chi connectivity index (χ4v) is 11.4. The van der Waals surface area contributed by atoms with E-state index in [0.29, 0.717) is 35.8 Å². The van der Waals surface area contributed by atoms with Crippen LogP contribution in [0.25, 0.3) is 0 Å². The number of hydrogen-bond donors (Lipinski definition) is 0. The van der Waals surface area contributed by atoms with E-state index in [1.807, 2.05) is 0 Å². The molecule has 250 valence electrons. The molecule has 9 aliphatic carbocycles. The Labute approximate surface area is 298 Å². The molecule has 2 heteroatoms. The van der Waals surface area contributed by atoms with Crippen molar-refractivity contribution < 1.29 is 0 Å². The summed E-state index contributed by atoms with van der Waals surface area (Å²) in [6.07, 6.45) is 58.5. The monoisotopic (exact) mass is 652 g/mol. The van der Waals surface area contributed by atoms with E-state index in [9.17, 15) is 0 Å². The number of nitrogens with zero attached hydrogens (tertiary/aromatic N) is 2.